The summed E-state index contributed by atoms with van der Waals surface area (Å²) >= 11 is 0. The molecule has 2 aliphatic rings. The first kappa shape index (κ1) is 17.8. The second-order valence-corrected chi connectivity index (χ2v) is 7.61. The summed E-state index contributed by atoms with van der Waals surface area (Å²) in [5, 5.41) is 3.18. The lowest BCUT2D eigenvalue weighted by Crippen LogP contribution is -2.43. The number of carbonyl (C=O) groups is 2. The summed E-state index contributed by atoms with van der Waals surface area (Å²) in [6.07, 6.45) is 7.89. The maximum atomic E-state index is 12.6. The molecule has 1 saturated heterocycles. The van der Waals surface area contributed by atoms with Gasteiger partial charge in [-0.05, 0) is 49.3 Å². The first-order valence-electron chi connectivity index (χ1n) is 9.89. The number of aryl methyl sites for hydroxylation is 1. The number of benzene rings is 1. The fourth-order valence-electron chi connectivity index (χ4n) is 4.35. The minimum atomic E-state index is -0.0126. The van der Waals surface area contributed by atoms with Gasteiger partial charge in [0.05, 0.1) is 11.8 Å². The van der Waals surface area contributed by atoms with E-state index in [1.807, 2.05) is 4.90 Å². The molecule has 1 unspecified atom stereocenters. The standard InChI is InChI=1S/C22H26N2O3/c25-21(23-14-18-6-3-5-16-4-1-2-7-20(16)18)17-8-11-24(12-9-17)22(26)19-10-13-27-15-19/h1-2,4,7,10,13,15,17-18H,3,5-6,8-9,11-12,14H2,(H,23,25). The topological polar surface area (TPSA) is 62.6 Å². The molecule has 4 rings (SSSR count). The van der Waals surface area contributed by atoms with Crippen LogP contribution >= 0.6 is 0 Å². The van der Waals surface area contributed by atoms with Crippen LogP contribution in [0, 0.1) is 5.92 Å². The van der Waals surface area contributed by atoms with Crippen molar-refractivity contribution >= 4 is 11.8 Å². The van der Waals surface area contributed by atoms with E-state index in [1.54, 1.807) is 6.07 Å². The van der Waals surface area contributed by atoms with Gasteiger partial charge in [-0.2, -0.15) is 0 Å². The first-order chi connectivity index (χ1) is 13.2. The molecule has 0 radical (unpaired) electrons. The summed E-state index contributed by atoms with van der Waals surface area (Å²) in [7, 11) is 0. The Bertz CT molecular complexity index is 792. The van der Waals surface area contributed by atoms with Gasteiger partial charge in [0.25, 0.3) is 5.91 Å². The van der Waals surface area contributed by atoms with Crippen molar-refractivity contribution in [2.75, 3.05) is 19.6 Å². The van der Waals surface area contributed by atoms with Gasteiger partial charge in [-0.25, -0.2) is 0 Å². The predicted octanol–water partition coefficient (Wildman–Crippen LogP) is 3.37. The Morgan fingerprint density at radius 1 is 1.11 bits per heavy atom. The molecular formula is C22H26N2O3. The van der Waals surface area contributed by atoms with Crippen molar-refractivity contribution in [3.63, 3.8) is 0 Å². The molecule has 142 valence electrons. The van der Waals surface area contributed by atoms with Gasteiger partial charge >= 0.3 is 0 Å². The zero-order valence-corrected chi connectivity index (χ0v) is 15.5. The van der Waals surface area contributed by atoms with E-state index in [9.17, 15) is 9.59 Å². The molecule has 2 heterocycles. The first-order valence-corrected chi connectivity index (χ1v) is 9.89. The van der Waals surface area contributed by atoms with Crippen LogP contribution in [0.1, 0.15) is 53.1 Å². The number of nitrogens with one attached hydrogen (secondary N) is 1. The zero-order valence-electron chi connectivity index (χ0n) is 15.5. The van der Waals surface area contributed by atoms with E-state index in [4.69, 9.17) is 4.42 Å². The van der Waals surface area contributed by atoms with Gasteiger partial charge in [-0.15, -0.1) is 0 Å². The Hall–Kier alpha value is -2.56. The summed E-state index contributed by atoms with van der Waals surface area (Å²) in [6, 6.07) is 10.3. The SMILES string of the molecule is O=C(NCC1CCCc2ccccc21)C1CCN(C(=O)c2ccoc2)CC1. The van der Waals surface area contributed by atoms with Gasteiger partial charge in [-0.3, -0.25) is 9.59 Å². The van der Waals surface area contributed by atoms with Crippen molar-refractivity contribution in [2.45, 2.75) is 38.0 Å². The molecule has 1 N–H and O–H groups in total. The third kappa shape index (κ3) is 3.92. The van der Waals surface area contributed by atoms with Gasteiger partial charge < -0.3 is 14.6 Å². The third-order valence-electron chi connectivity index (χ3n) is 5.94. The van der Waals surface area contributed by atoms with Crippen LogP contribution in [0.4, 0.5) is 0 Å². The Balaban J connectivity index is 1.27. The number of nitrogens with zero attached hydrogens (tertiary/aromatic N) is 1. The number of furan rings is 1. The molecular weight excluding hydrogens is 340 g/mol. The number of amides is 2. The van der Waals surface area contributed by atoms with E-state index in [0.717, 1.165) is 25.7 Å². The van der Waals surface area contributed by atoms with E-state index in [2.05, 4.69) is 29.6 Å². The summed E-state index contributed by atoms with van der Waals surface area (Å²) in [5.74, 6) is 0.536. The number of hydrogen-bond donors (Lipinski definition) is 1. The molecule has 5 heteroatoms. The van der Waals surface area contributed by atoms with Crippen LogP contribution in [0.3, 0.4) is 0 Å². The van der Waals surface area contributed by atoms with Gasteiger partial charge in [0.2, 0.25) is 5.91 Å². The molecule has 0 spiro atoms. The smallest absolute Gasteiger partial charge is 0.257 e. The fourth-order valence-corrected chi connectivity index (χ4v) is 4.35. The Morgan fingerprint density at radius 3 is 2.70 bits per heavy atom. The molecule has 1 aromatic heterocycles. The highest BCUT2D eigenvalue weighted by atomic mass is 16.3. The molecule has 1 aromatic carbocycles. The normalized spacial score (nSPS) is 20.1. The van der Waals surface area contributed by atoms with Crippen LogP contribution < -0.4 is 5.32 Å². The van der Waals surface area contributed by atoms with Crippen molar-refractivity contribution in [3.8, 4) is 0 Å². The highest BCUT2D eigenvalue weighted by molar-refractivity contribution is 5.94. The van der Waals surface area contributed by atoms with Crippen molar-refractivity contribution in [2.24, 2.45) is 5.92 Å². The van der Waals surface area contributed by atoms with Gasteiger partial charge in [-0.1, -0.05) is 24.3 Å². The van der Waals surface area contributed by atoms with E-state index in [0.29, 0.717) is 31.1 Å². The molecule has 0 bridgehead atoms. The van der Waals surface area contributed by atoms with Crippen molar-refractivity contribution in [3.05, 3.63) is 59.5 Å². The maximum absolute atomic E-state index is 12.6. The molecule has 2 aromatic rings. The highest BCUT2D eigenvalue weighted by Gasteiger charge is 2.29. The van der Waals surface area contributed by atoms with Crippen molar-refractivity contribution < 1.29 is 14.0 Å². The average Bonchev–Trinajstić information content (AvgIpc) is 3.26. The summed E-state index contributed by atoms with van der Waals surface area (Å²) in [4.78, 5) is 26.8. The van der Waals surface area contributed by atoms with Gasteiger partial charge in [0.1, 0.15) is 6.26 Å². The molecule has 1 atom stereocenters. The second-order valence-electron chi connectivity index (χ2n) is 7.61. The van der Waals surface area contributed by atoms with Crippen LogP contribution in [0.5, 0.6) is 0 Å². The summed E-state index contributed by atoms with van der Waals surface area (Å²) in [6.45, 7) is 1.95. The number of carbonyl (C=O) groups excluding carboxylic acids is 2. The van der Waals surface area contributed by atoms with E-state index in [1.165, 1.54) is 30.1 Å². The average molecular weight is 366 g/mol. The maximum Gasteiger partial charge on any atom is 0.257 e. The van der Waals surface area contributed by atoms with E-state index in [-0.39, 0.29) is 17.7 Å². The summed E-state index contributed by atoms with van der Waals surface area (Å²) < 4.78 is 4.99. The highest BCUT2D eigenvalue weighted by Crippen LogP contribution is 2.31. The zero-order chi connectivity index (χ0) is 18.6. The third-order valence-corrected chi connectivity index (χ3v) is 5.94. The molecule has 1 fully saturated rings. The van der Waals surface area contributed by atoms with Crippen LogP contribution in [0.2, 0.25) is 0 Å². The fraction of sp³-hybridized carbons (Fsp3) is 0.455. The van der Waals surface area contributed by atoms with Gasteiger partial charge in [0, 0.05) is 31.5 Å². The largest absolute Gasteiger partial charge is 0.472 e. The van der Waals surface area contributed by atoms with Gasteiger partial charge in [0.15, 0.2) is 0 Å². The molecule has 5 nitrogen and oxygen atoms in total. The number of rotatable bonds is 4. The molecule has 1 aliphatic heterocycles. The molecule has 2 amide bonds. The molecule has 1 aliphatic carbocycles. The quantitative estimate of drug-likeness (QED) is 0.902. The lowest BCUT2D eigenvalue weighted by Gasteiger charge is -2.32. The van der Waals surface area contributed by atoms with E-state index < -0.39 is 0 Å². The summed E-state index contributed by atoms with van der Waals surface area (Å²) in [5.41, 5.74) is 3.40. The number of fused-ring (bicyclic) bond motifs is 1. The second kappa shape index (κ2) is 7.99. The van der Waals surface area contributed by atoms with Crippen LogP contribution in [0.25, 0.3) is 0 Å². The van der Waals surface area contributed by atoms with E-state index >= 15 is 0 Å². The van der Waals surface area contributed by atoms with Crippen molar-refractivity contribution in [1.82, 2.24) is 10.2 Å². The monoisotopic (exact) mass is 366 g/mol. The minimum absolute atomic E-state index is 0.00256. The Kier molecular flexibility index (Phi) is 5.28. The van der Waals surface area contributed by atoms with Crippen LogP contribution in [-0.2, 0) is 11.2 Å². The van der Waals surface area contributed by atoms with Crippen LogP contribution in [0.15, 0.2) is 47.3 Å². The molecule has 0 saturated carbocycles. The lowest BCUT2D eigenvalue weighted by atomic mass is 9.82. The Labute approximate surface area is 159 Å². The Morgan fingerprint density at radius 2 is 1.93 bits per heavy atom. The molecule has 27 heavy (non-hydrogen) atoms. The predicted molar refractivity (Wildman–Crippen MR) is 102 cm³/mol. The van der Waals surface area contributed by atoms with Crippen LogP contribution in [-0.4, -0.2) is 36.3 Å². The van der Waals surface area contributed by atoms with Crippen molar-refractivity contribution in [1.29, 1.82) is 0 Å². The minimum Gasteiger partial charge on any atom is -0.472 e. The number of likely N-dealkylation sites (tertiary alicyclic amines) is 1. The number of hydrogen-bond acceptors (Lipinski definition) is 3. The number of piperidine rings is 1. The lowest BCUT2D eigenvalue weighted by molar-refractivity contribution is -0.126.